The van der Waals surface area contributed by atoms with Crippen LogP contribution in [0.1, 0.15) is 43.2 Å². The highest BCUT2D eigenvalue weighted by Crippen LogP contribution is 2.24. The van der Waals surface area contributed by atoms with Gasteiger partial charge in [-0.1, -0.05) is 20.8 Å². The first-order valence-corrected chi connectivity index (χ1v) is 7.01. The number of pyridine rings is 1. The molecule has 4 nitrogen and oxygen atoms in total. The van der Waals surface area contributed by atoms with Crippen LogP contribution in [0, 0.1) is 6.92 Å². The van der Waals surface area contributed by atoms with E-state index < -0.39 is 0 Å². The van der Waals surface area contributed by atoms with Gasteiger partial charge in [0.25, 0.3) is 0 Å². The van der Waals surface area contributed by atoms with Gasteiger partial charge in [0.15, 0.2) is 0 Å². The fourth-order valence-corrected chi connectivity index (χ4v) is 2.33. The zero-order valence-corrected chi connectivity index (χ0v) is 13.1. The molecule has 2 heterocycles. The third-order valence-electron chi connectivity index (χ3n) is 3.38. The fourth-order valence-electron chi connectivity index (χ4n) is 2.33. The zero-order valence-electron chi connectivity index (χ0n) is 13.1. The molecule has 0 fully saturated rings. The molecule has 0 saturated carbocycles. The smallest absolute Gasteiger partial charge is 0.0722 e. The van der Waals surface area contributed by atoms with Gasteiger partial charge in [0.1, 0.15) is 0 Å². The van der Waals surface area contributed by atoms with Crippen molar-refractivity contribution in [2.45, 2.75) is 46.2 Å². The van der Waals surface area contributed by atoms with Gasteiger partial charge >= 0.3 is 0 Å². The maximum absolute atomic E-state index is 4.59. The van der Waals surface area contributed by atoms with E-state index in [0.717, 1.165) is 13.1 Å². The first-order chi connectivity index (χ1) is 9.38. The van der Waals surface area contributed by atoms with E-state index in [1.807, 2.05) is 24.1 Å². The molecule has 2 rings (SSSR count). The first-order valence-electron chi connectivity index (χ1n) is 7.01. The van der Waals surface area contributed by atoms with Gasteiger partial charge in [0, 0.05) is 49.7 Å². The Morgan fingerprint density at radius 3 is 2.55 bits per heavy atom. The summed E-state index contributed by atoms with van der Waals surface area (Å²) in [6.45, 7) is 10.4. The molecule has 0 spiro atoms. The second-order valence-corrected chi connectivity index (χ2v) is 6.33. The molecule has 4 heteroatoms. The van der Waals surface area contributed by atoms with Crippen LogP contribution in [0.5, 0.6) is 0 Å². The number of rotatable bonds is 4. The van der Waals surface area contributed by atoms with Crippen molar-refractivity contribution in [1.82, 2.24) is 20.1 Å². The van der Waals surface area contributed by atoms with Gasteiger partial charge < -0.3 is 5.32 Å². The molecule has 1 N–H and O–H groups in total. The fraction of sp³-hybridized carbons (Fsp3) is 0.500. The third-order valence-corrected chi connectivity index (χ3v) is 3.38. The first kappa shape index (κ1) is 14.7. The van der Waals surface area contributed by atoms with Gasteiger partial charge in [-0.2, -0.15) is 5.10 Å². The van der Waals surface area contributed by atoms with Crippen LogP contribution in [0.3, 0.4) is 0 Å². The van der Waals surface area contributed by atoms with E-state index in [2.05, 4.69) is 55.4 Å². The van der Waals surface area contributed by atoms with Gasteiger partial charge in [-0.15, -0.1) is 0 Å². The Morgan fingerprint density at radius 1 is 1.20 bits per heavy atom. The van der Waals surface area contributed by atoms with Gasteiger partial charge in [-0.25, -0.2) is 0 Å². The van der Waals surface area contributed by atoms with Crippen LogP contribution in [0.4, 0.5) is 0 Å². The maximum atomic E-state index is 4.59. The average Bonchev–Trinajstić information content (AvgIpc) is 2.73. The highest BCUT2D eigenvalue weighted by atomic mass is 15.3. The summed E-state index contributed by atoms with van der Waals surface area (Å²) in [4.78, 5) is 4.12. The molecule has 0 unspecified atom stereocenters. The topological polar surface area (TPSA) is 42.7 Å². The van der Waals surface area contributed by atoms with Crippen molar-refractivity contribution in [2.75, 3.05) is 0 Å². The lowest BCUT2D eigenvalue weighted by atomic mass is 9.89. The number of aryl methyl sites for hydroxylation is 2. The predicted molar refractivity (Wildman–Crippen MR) is 81.4 cm³/mol. The summed E-state index contributed by atoms with van der Waals surface area (Å²) in [5.41, 5.74) is 5.03. The minimum atomic E-state index is 0.0743. The van der Waals surface area contributed by atoms with E-state index in [4.69, 9.17) is 0 Å². The Morgan fingerprint density at radius 2 is 1.90 bits per heavy atom. The van der Waals surface area contributed by atoms with E-state index in [-0.39, 0.29) is 5.41 Å². The molecule has 0 radical (unpaired) electrons. The summed E-state index contributed by atoms with van der Waals surface area (Å²) in [7, 11) is 1.98. The Bertz CT molecular complexity index is 578. The van der Waals surface area contributed by atoms with Crippen LogP contribution in [-0.4, -0.2) is 14.8 Å². The predicted octanol–water partition coefficient (Wildman–Crippen LogP) is 2.71. The Balaban J connectivity index is 2.03. The van der Waals surface area contributed by atoms with Crippen molar-refractivity contribution >= 4 is 0 Å². The van der Waals surface area contributed by atoms with Gasteiger partial charge in [-0.3, -0.25) is 9.67 Å². The monoisotopic (exact) mass is 272 g/mol. The largest absolute Gasteiger partial charge is 0.308 e. The summed E-state index contributed by atoms with van der Waals surface area (Å²) < 4.78 is 1.90. The summed E-state index contributed by atoms with van der Waals surface area (Å²) >= 11 is 0. The van der Waals surface area contributed by atoms with Crippen LogP contribution in [0.15, 0.2) is 24.7 Å². The molecule has 0 aliphatic carbocycles. The maximum Gasteiger partial charge on any atom is 0.0722 e. The third kappa shape index (κ3) is 3.45. The molecule has 0 bridgehead atoms. The molecule has 0 saturated heterocycles. The summed E-state index contributed by atoms with van der Waals surface area (Å²) in [5.74, 6) is 0. The molecular weight excluding hydrogens is 248 g/mol. The number of aromatic nitrogens is 3. The van der Waals surface area contributed by atoms with Crippen molar-refractivity contribution in [3.63, 3.8) is 0 Å². The lowest BCUT2D eigenvalue weighted by Gasteiger charge is -2.17. The highest BCUT2D eigenvalue weighted by molar-refractivity contribution is 5.25. The van der Waals surface area contributed by atoms with Crippen LogP contribution < -0.4 is 5.32 Å². The SMILES string of the molecule is Cc1cnccc1CNCc1cn(C)nc1C(C)(C)C. The summed E-state index contributed by atoms with van der Waals surface area (Å²) in [6.07, 6.45) is 5.85. The molecule has 20 heavy (non-hydrogen) atoms. The minimum absolute atomic E-state index is 0.0743. The zero-order chi connectivity index (χ0) is 14.8. The number of nitrogens with one attached hydrogen (secondary N) is 1. The van der Waals surface area contributed by atoms with Crippen LogP contribution in [-0.2, 0) is 25.6 Å². The van der Waals surface area contributed by atoms with Gasteiger partial charge in [-0.05, 0) is 24.1 Å². The second-order valence-electron chi connectivity index (χ2n) is 6.33. The van der Waals surface area contributed by atoms with Gasteiger partial charge in [0.05, 0.1) is 5.69 Å². The van der Waals surface area contributed by atoms with Crippen LogP contribution >= 0.6 is 0 Å². The average molecular weight is 272 g/mol. The lowest BCUT2D eigenvalue weighted by Crippen LogP contribution is -2.19. The molecule has 0 aromatic carbocycles. The van der Waals surface area contributed by atoms with Crippen molar-refractivity contribution < 1.29 is 0 Å². The van der Waals surface area contributed by atoms with E-state index in [1.54, 1.807) is 0 Å². The summed E-state index contributed by atoms with van der Waals surface area (Å²) in [5, 5.41) is 8.10. The second kappa shape index (κ2) is 5.75. The van der Waals surface area contributed by atoms with E-state index >= 15 is 0 Å². The molecular formula is C16H24N4. The van der Waals surface area contributed by atoms with Crippen molar-refractivity contribution in [2.24, 2.45) is 7.05 Å². The molecule has 2 aromatic heterocycles. The van der Waals surface area contributed by atoms with E-state index in [0.29, 0.717) is 0 Å². The van der Waals surface area contributed by atoms with Crippen molar-refractivity contribution in [1.29, 1.82) is 0 Å². The van der Waals surface area contributed by atoms with E-state index in [9.17, 15) is 0 Å². The number of nitrogens with zero attached hydrogens (tertiary/aromatic N) is 3. The Hall–Kier alpha value is -1.68. The van der Waals surface area contributed by atoms with Gasteiger partial charge in [0.2, 0.25) is 0 Å². The summed E-state index contributed by atoms with van der Waals surface area (Å²) in [6, 6.07) is 2.07. The number of hydrogen-bond donors (Lipinski definition) is 1. The lowest BCUT2D eigenvalue weighted by molar-refractivity contribution is 0.543. The molecule has 2 aromatic rings. The van der Waals surface area contributed by atoms with E-state index in [1.165, 1.54) is 22.4 Å². The number of hydrogen-bond acceptors (Lipinski definition) is 3. The quantitative estimate of drug-likeness (QED) is 0.930. The Labute approximate surface area is 121 Å². The molecule has 0 amide bonds. The van der Waals surface area contributed by atoms with Crippen molar-refractivity contribution in [3.8, 4) is 0 Å². The standard InChI is InChI=1S/C16H24N4/c1-12-8-17-7-6-13(12)9-18-10-14-11-20(5)19-15(14)16(2,3)4/h6-8,11,18H,9-10H2,1-5H3. The Kier molecular flexibility index (Phi) is 4.23. The minimum Gasteiger partial charge on any atom is -0.308 e. The molecule has 0 aliphatic rings. The van der Waals surface area contributed by atoms with Crippen molar-refractivity contribution in [3.05, 3.63) is 47.0 Å². The highest BCUT2D eigenvalue weighted by Gasteiger charge is 2.21. The molecule has 0 aliphatic heterocycles. The molecule has 108 valence electrons. The molecule has 0 atom stereocenters. The normalized spacial score (nSPS) is 11.8. The van der Waals surface area contributed by atoms with Crippen LogP contribution in [0.2, 0.25) is 0 Å². The van der Waals surface area contributed by atoms with Crippen LogP contribution in [0.25, 0.3) is 0 Å².